The molecular weight excluding hydrogens is 498 g/mol. The number of hydrogen-bond donors (Lipinski definition) is 1. The van der Waals surface area contributed by atoms with Crippen molar-refractivity contribution in [1.29, 1.82) is 0 Å². The zero-order chi connectivity index (χ0) is 27.9. The highest BCUT2D eigenvalue weighted by atomic mass is 16.5. The summed E-state index contributed by atoms with van der Waals surface area (Å²) < 4.78 is 12.2. The van der Waals surface area contributed by atoms with Crippen LogP contribution in [0.25, 0.3) is 0 Å². The molecule has 210 valence electrons. The molecule has 9 heteroatoms. The summed E-state index contributed by atoms with van der Waals surface area (Å²) in [5, 5.41) is 9.37. The van der Waals surface area contributed by atoms with Crippen LogP contribution < -0.4 is 9.64 Å². The molecule has 0 radical (unpaired) electrons. The molecule has 1 unspecified atom stereocenters. The topological polar surface area (TPSA) is 99.6 Å². The van der Waals surface area contributed by atoms with E-state index in [1.54, 1.807) is 14.7 Å². The van der Waals surface area contributed by atoms with Gasteiger partial charge in [0.1, 0.15) is 17.4 Å². The number of amides is 3. The summed E-state index contributed by atoms with van der Waals surface area (Å²) >= 11 is 0. The first kappa shape index (κ1) is 27.4. The fourth-order valence-corrected chi connectivity index (χ4v) is 6.50. The van der Waals surface area contributed by atoms with Crippen LogP contribution in [0.1, 0.15) is 40.5 Å². The van der Waals surface area contributed by atoms with Crippen LogP contribution in [-0.2, 0) is 19.1 Å². The Morgan fingerprint density at radius 2 is 1.77 bits per heavy atom. The van der Waals surface area contributed by atoms with Gasteiger partial charge >= 0.3 is 0 Å². The van der Waals surface area contributed by atoms with Crippen molar-refractivity contribution < 1.29 is 29.0 Å². The molecule has 3 amide bonds. The van der Waals surface area contributed by atoms with E-state index in [9.17, 15) is 19.5 Å². The van der Waals surface area contributed by atoms with Gasteiger partial charge in [-0.2, -0.15) is 0 Å². The van der Waals surface area contributed by atoms with Crippen molar-refractivity contribution in [2.75, 3.05) is 37.7 Å². The summed E-state index contributed by atoms with van der Waals surface area (Å²) in [4.78, 5) is 47.6. The number of fused-ring (bicyclic) bond motifs is 2. The predicted molar refractivity (Wildman–Crippen MR) is 146 cm³/mol. The highest BCUT2D eigenvalue weighted by Gasteiger charge is 2.72. The zero-order valence-electron chi connectivity index (χ0n) is 23.2. The molecule has 5 rings (SSSR count). The molecular formula is C30H39N3O6. The summed E-state index contributed by atoms with van der Waals surface area (Å²) in [6.07, 6.45) is 7.99. The average molecular weight is 538 g/mol. The van der Waals surface area contributed by atoms with Crippen LogP contribution in [0.2, 0.25) is 0 Å². The van der Waals surface area contributed by atoms with Gasteiger partial charge in [0, 0.05) is 37.5 Å². The first-order valence-corrected chi connectivity index (χ1v) is 13.9. The van der Waals surface area contributed by atoms with Gasteiger partial charge < -0.3 is 29.3 Å². The number of likely N-dealkylation sites (tertiary alicyclic amines) is 1. The van der Waals surface area contributed by atoms with E-state index < -0.39 is 35.1 Å². The monoisotopic (exact) mass is 537 g/mol. The van der Waals surface area contributed by atoms with Crippen LogP contribution in [-0.4, -0.2) is 88.8 Å². The number of benzene rings is 1. The van der Waals surface area contributed by atoms with Crippen LogP contribution in [0, 0.1) is 11.8 Å². The second-order valence-corrected chi connectivity index (χ2v) is 11.6. The van der Waals surface area contributed by atoms with Crippen molar-refractivity contribution in [2.24, 2.45) is 11.8 Å². The fraction of sp³-hybridized carbons (Fsp3) is 0.567. The van der Waals surface area contributed by atoms with E-state index in [0.717, 1.165) is 5.75 Å². The van der Waals surface area contributed by atoms with E-state index >= 15 is 0 Å². The van der Waals surface area contributed by atoms with Crippen molar-refractivity contribution in [2.45, 2.75) is 63.8 Å². The van der Waals surface area contributed by atoms with Gasteiger partial charge in [0.2, 0.25) is 17.7 Å². The molecule has 39 heavy (non-hydrogen) atoms. The second kappa shape index (κ2) is 10.4. The molecule has 0 saturated carbocycles. The third-order valence-corrected chi connectivity index (χ3v) is 8.24. The number of ether oxygens (including phenoxy) is 2. The minimum Gasteiger partial charge on any atom is -0.494 e. The molecule has 4 heterocycles. The molecule has 4 aliphatic heterocycles. The highest BCUT2D eigenvalue weighted by molar-refractivity contribution is 6.03. The van der Waals surface area contributed by atoms with Gasteiger partial charge in [-0.25, -0.2) is 0 Å². The van der Waals surface area contributed by atoms with Gasteiger partial charge in [-0.3, -0.25) is 14.4 Å². The van der Waals surface area contributed by atoms with E-state index in [1.807, 2.05) is 76.3 Å². The van der Waals surface area contributed by atoms with Gasteiger partial charge in [0.05, 0.1) is 24.5 Å². The summed E-state index contributed by atoms with van der Waals surface area (Å²) in [6.45, 7) is 9.45. The zero-order valence-corrected chi connectivity index (χ0v) is 23.2. The number of aliphatic hydroxyl groups excluding tert-OH is 1. The molecule has 0 aliphatic carbocycles. The largest absolute Gasteiger partial charge is 0.494 e. The number of rotatable bonds is 7. The van der Waals surface area contributed by atoms with Crippen molar-refractivity contribution in [3.63, 3.8) is 0 Å². The molecule has 0 bridgehead atoms. The van der Waals surface area contributed by atoms with Crippen molar-refractivity contribution in [3.05, 3.63) is 48.6 Å². The maximum absolute atomic E-state index is 14.2. The van der Waals surface area contributed by atoms with Crippen molar-refractivity contribution >= 4 is 23.4 Å². The van der Waals surface area contributed by atoms with Gasteiger partial charge in [0.25, 0.3) is 0 Å². The van der Waals surface area contributed by atoms with Crippen molar-refractivity contribution in [1.82, 2.24) is 9.80 Å². The van der Waals surface area contributed by atoms with E-state index in [0.29, 0.717) is 44.8 Å². The summed E-state index contributed by atoms with van der Waals surface area (Å²) in [7, 11) is 0. The number of aliphatic hydroxyl groups is 1. The summed E-state index contributed by atoms with van der Waals surface area (Å²) in [5.74, 6) is -1.50. The van der Waals surface area contributed by atoms with Gasteiger partial charge in [-0.05, 0) is 64.8 Å². The predicted octanol–water partition coefficient (Wildman–Crippen LogP) is 2.54. The van der Waals surface area contributed by atoms with Crippen molar-refractivity contribution in [3.8, 4) is 5.75 Å². The quantitative estimate of drug-likeness (QED) is 0.424. The molecule has 5 atom stereocenters. The van der Waals surface area contributed by atoms with Crippen LogP contribution in [0.5, 0.6) is 5.75 Å². The number of nitrogens with zero attached hydrogens (tertiary/aromatic N) is 3. The van der Waals surface area contributed by atoms with Gasteiger partial charge in [0.15, 0.2) is 0 Å². The standard InChI is InChI=1S/C30H39N3O6/c1-5-38-21-13-11-20(12-14-21)31-17-8-10-22-23(26(31)35)24-27(36)32(16-6-7-19-34)25-28(37)33(29(2,3)4)18-9-15-30(24,25)39-22/h8-15,22-25,34H,5-7,16-19H2,1-4H3/t22-,23+,24+,25?,30+/m1/s1. The van der Waals surface area contributed by atoms with Gasteiger partial charge in [-0.1, -0.05) is 24.3 Å². The van der Waals surface area contributed by atoms with Crippen LogP contribution >= 0.6 is 0 Å². The van der Waals surface area contributed by atoms with Gasteiger partial charge in [-0.15, -0.1) is 0 Å². The third-order valence-electron chi connectivity index (χ3n) is 8.24. The molecule has 9 nitrogen and oxygen atoms in total. The molecule has 4 aliphatic rings. The Balaban J connectivity index is 1.54. The Morgan fingerprint density at radius 3 is 2.44 bits per heavy atom. The highest BCUT2D eigenvalue weighted by Crippen LogP contribution is 2.54. The van der Waals surface area contributed by atoms with E-state index in [2.05, 4.69) is 0 Å². The molecule has 2 fully saturated rings. The lowest BCUT2D eigenvalue weighted by Gasteiger charge is -2.40. The normalized spacial score (nSPS) is 30.3. The number of carbonyl (C=O) groups is 3. The number of unbranched alkanes of at least 4 members (excludes halogenated alkanes) is 1. The molecule has 2 saturated heterocycles. The maximum Gasteiger partial charge on any atom is 0.249 e. The lowest BCUT2D eigenvalue weighted by molar-refractivity contribution is -0.150. The number of anilines is 1. The number of carbonyl (C=O) groups excluding carboxylic acids is 3. The van der Waals surface area contributed by atoms with E-state index in [1.165, 1.54) is 0 Å². The SMILES string of the molecule is CCOc1ccc(N2CC=C[C@H]3O[C@]45C=CCN(C(C)(C)C)C(=O)C4N(CCCCO)C(=O)[C@@H]5[C@H]3C2=O)cc1. The maximum atomic E-state index is 14.2. The van der Waals surface area contributed by atoms with Crippen LogP contribution in [0.3, 0.4) is 0 Å². The fourth-order valence-electron chi connectivity index (χ4n) is 6.50. The lowest BCUT2D eigenvalue weighted by Crippen LogP contribution is -2.58. The van der Waals surface area contributed by atoms with Crippen LogP contribution in [0.4, 0.5) is 5.69 Å². The lowest BCUT2D eigenvalue weighted by atomic mass is 9.77. The summed E-state index contributed by atoms with van der Waals surface area (Å²) in [6, 6.07) is 6.48. The smallest absolute Gasteiger partial charge is 0.249 e. The second-order valence-electron chi connectivity index (χ2n) is 11.6. The molecule has 1 spiro atoms. The number of hydrogen-bond acceptors (Lipinski definition) is 6. The Hall–Kier alpha value is -3.17. The Kier molecular flexibility index (Phi) is 7.33. The average Bonchev–Trinajstić information content (AvgIpc) is 3.19. The third kappa shape index (κ3) is 4.55. The first-order valence-electron chi connectivity index (χ1n) is 13.9. The van der Waals surface area contributed by atoms with Crippen LogP contribution in [0.15, 0.2) is 48.6 Å². The Bertz CT molecular complexity index is 1170. The molecule has 0 aromatic heterocycles. The Morgan fingerprint density at radius 1 is 1.03 bits per heavy atom. The first-order chi connectivity index (χ1) is 18.6. The molecule has 1 aromatic rings. The van der Waals surface area contributed by atoms with E-state index in [4.69, 9.17) is 9.47 Å². The summed E-state index contributed by atoms with van der Waals surface area (Å²) in [5.41, 5.74) is -0.999. The van der Waals surface area contributed by atoms with E-state index in [-0.39, 0.29) is 24.3 Å². The molecule has 1 N–H and O–H groups in total. The Labute approximate surface area is 230 Å². The minimum absolute atomic E-state index is 0.00472. The minimum atomic E-state index is -1.25. The molecule has 1 aromatic carbocycles.